The van der Waals surface area contributed by atoms with Gasteiger partial charge in [0.1, 0.15) is 22.2 Å². The Morgan fingerprint density at radius 1 is 1.22 bits per heavy atom. The van der Waals surface area contributed by atoms with Gasteiger partial charge in [-0.3, -0.25) is 14.7 Å². The summed E-state index contributed by atoms with van der Waals surface area (Å²) < 4.78 is 6.02. The number of amides is 1. The van der Waals surface area contributed by atoms with Crippen LogP contribution in [0.4, 0.5) is 5.82 Å². The zero-order valence-electron chi connectivity index (χ0n) is 19.1. The Morgan fingerprint density at radius 2 is 2.00 bits per heavy atom. The van der Waals surface area contributed by atoms with Gasteiger partial charge in [-0.05, 0) is 48.9 Å². The minimum atomic E-state index is -0.469. The van der Waals surface area contributed by atoms with Crippen LogP contribution < -0.4 is 15.9 Å². The monoisotopic (exact) mass is 520 g/mol. The topological polar surface area (TPSA) is 126 Å². The number of nitrogens with zero attached hydrogens (tertiary/aromatic N) is 3. The van der Waals surface area contributed by atoms with E-state index in [0.29, 0.717) is 33.6 Å². The molecule has 0 fully saturated rings. The average molecular weight is 521 g/mol. The number of hydrazone groups is 1. The summed E-state index contributed by atoms with van der Waals surface area (Å²) >= 11 is 11.2. The molecule has 9 nitrogen and oxygen atoms in total. The van der Waals surface area contributed by atoms with Crippen LogP contribution in [0.15, 0.2) is 71.1 Å². The van der Waals surface area contributed by atoms with Crippen molar-refractivity contribution in [2.24, 2.45) is 10.9 Å². The van der Waals surface area contributed by atoms with Crippen LogP contribution in [0.1, 0.15) is 24.0 Å². The summed E-state index contributed by atoms with van der Waals surface area (Å²) in [6.45, 7) is 1.62. The van der Waals surface area contributed by atoms with Gasteiger partial charge in [-0.1, -0.05) is 36.0 Å². The van der Waals surface area contributed by atoms with E-state index in [1.807, 2.05) is 24.3 Å². The standard InChI is InChI=1S/C25H21ClN6O3S/c1-13(30-27)23(36)25(34)32-11-19-22(20(33)12-32)21(18-10-28-31-24(18)29-19)14-3-2-4-17(9-14)35-16-7-5-15(26)6-8-16/h2-10,21H,11-12,27H2,1H3,(H2,28,29,31). The summed E-state index contributed by atoms with van der Waals surface area (Å²) in [6.07, 6.45) is 1.70. The fourth-order valence-electron chi connectivity index (χ4n) is 4.36. The Balaban J connectivity index is 1.50. The lowest BCUT2D eigenvalue weighted by molar-refractivity contribution is -0.129. The van der Waals surface area contributed by atoms with Crippen LogP contribution in [-0.2, 0) is 9.59 Å². The molecule has 2 aliphatic rings. The van der Waals surface area contributed by atoms with Crippen molar-refractivity contribution in [3.63, 3.8) is 0 Å². The first-order valence-electron chi connectivity index (χ1n) is 11.0. The third kappa shape index (κ3) is 4.36. The molecule has 1 atom stereocenters. The summed E-state index contributed by atoms with van der Waals surface area (Å²) in [4.78, 5) is 27.7. The largest absolute Gasteiger partial charge is 0.457 e. The highest BCUT2D eigenvalue weighted by atomic mass is 35.5. The molecular formula is C25H21ClN6O3S. The molecule has 3 aromatic rings. The Labute approximate surface area is 217 Å². The molecule has 182 valence electrons. The van der Waals surface area contributed by atoms with Crippen molar-refractivity contribution < 1.29 is 14.3 Å². The van der Waals surface area contributed by atoms with E-state index in [9.17, 15) is 9.59 Å². The third-order valence-electron chi connectivity index (χ3n) is 6.10. The smallest absolute Gasteiger partial charge is 0.267 e. The fourth-order valence-corrected chi connectivity index (χ4v) is 4.67. The molecule has 1 amide bonds. The number of thiocarbonyl (C=S) groups is 1. The number of fused-ring (bicyclic) bond motifs is 1. The number of aromatic amines is 1. The number of nitrogens with one attached hydrogen (secondary N) is 2. The van der Waals surface area contributed by atoms with Gasteiger partial charge in [0.15, 0.2) is 5.78 Å². The first-order valence-corrected chi connectivity index (χ1v) is 11.8. The van der Waals surface area contributed by atoms with Gasteiger partial charge >= 0.3 is 0 Å². The number of carbonyl (C=O) groups excluding carboxylic acids is 2. The van der Waals surface area contributed by atoms with E-state index in [0.717, 1.165) is 11.1 Å². The highest BCUT2D eigenvalue weighted by Crippen LogP contribution is 2.43. The van der Waals surface area contributed by atoms with Gasteiger partial charge in [0.2, 0.25) is 0 Å². The predicted molar refractivity (Wildman–Crippen MR) is 141 cm³/mol. The van der Waals surface area contributed by atoms with Crippen molar-refractivity contribution >= 4 is 51.9 Å². The van der Waals surface area contributed by atoms with E-state index >= 15 is 0 Å². The van der Waals surface area contributed by atoms with Crippen LogP contribution >= 0.6 is 23.8 Å². The maximum Gasteiger partial charge on any atom is 0.267 e. The summed E-state index contributed by atoms with van der Waals surface area (Å²) in [5.41, 5.74) is 3.10. The third-order valence-corrected chi connectivity index (χ3v) is 6.82. The molecule has 0 saturated carbocycles. The lowest BCUT2D eigenvalue weighted by atomic mass is 9.79. The van der Waals surface area contributed by atoms with Gasteiger partial charge in [0.05, 0.1) is 25.0 Å². The highest BCUT2D eigenvalue weighted by Gasteiger charge is 2.40. The van der Waals surface area contributed by atoms with Gasteiger partial charge in [0, 0.05) is 27.8 Å². The number of hydrogen-bond donors (Lipinski definition) is 3. The van der Waals surface area contributed by atoms with Crippen LogP contribution in [0.3, 0.4) is 0 Å². The summed E-state index contributed by atoms with van der Waals surface area (Å²) in [5.74, 6) is 6.14. The molecular weight excluding hydrogens is 500 g/mol. The highest BCUT2D eigenvalue weighted by molar-refractivity contribution is 7.84. The molecule has 0 saturated heterocycles. The average Bonchev–Trinajstić information content (AvgIpc) is 3.35. The fraction of sp³-hybridized carbons (Fsp3) is 0.160. The number of Topliss-reactive ketones (excluding diaryl/α,β-unsaturated/α-hetero) is 1. The van der Waals surface area contributed by atoms with Crippen molar-refractivity contribution in [2.45, 2.75) is 12.8 Å². The quantitative estimate of drug-likeness (QED) is 0.202. The molecule has 0 aliphatic carbocycles. The van der Waals surface area contributed by atoms with Gasteiger partial charge in [-0.15, -0.1) is 0 Å². The van der Waals surface area contributed by atoms with Crippen LogP contribution in [0.5, 0.6) is 11.5 Å². The number of anilines is 1. The molecule has 0 radical (unpaired) electrons. The van der Waals surface area contributed by atoms with Crippen molar-refractivity contribution in [3.05, 3.63) is 82.1 Å². The SMILES string of the molecule is CC(=NN)C(=S)C(=O)N1CC(=O)C2=C(C1)Nc1[nH]ncc1C2c1cccc(Oc2ccc(Cl)cc2)c1. The van der Waals surface area contributed by atoms with E-state index in [1.54, 1.807) is 37.4 Å². The number of aromatic nitrogens is 2. The van der Waals surface area contributed by atoms with Gasteiger partial charge in [-0.2, -0.15) is 10.2 Å². The van der Waals surface area contributed by atoms with E-state index in [2.05, 4.69) is 20.6 Å². The molecule has 2 aliphatic heterocycles. The Kier molecular flexibility index (Phi) is 6.29. The van der Waals surface area contributed by atoms with Gasteiger partial charge in [-0.25, -0.2) is 0 Å². The lowest BCUT2D eigenvalue weighted by Gasteiger charge is -2.36. The zero-order valence-corrected chi connectivity index (χ0v) is 20.7. The number of rotatable bonds is 5. The number of ether oxygens (including phenoxy) is 1. The molecule has 4 N–H and O–H groups in total. The van der Waals surface area contributed by atoms with Crippen molar-refractivity contribution in [3.8, 4) is 11.5 Å². The summed E-state index contributed by atoms with van der Waals surface area (Å²) in [6, 6.07) is 14.6. The number of nitrogens with two attached hydrogens (primary N) is 1. The molecule has 0 spiro atoms. The second-order valence-electron chi connectivity index (χ2n) is 8.41. The van der Waals surface area contributed by atoms with Crippen LogP contribution in [-0.4, -0.2) is 50.5 Å². The number of H-pyrrole nitrogens is 1. The van der Waals surface area contributed by atoms with Crippen molar-refractivity contribution in [2.75, 3.05) is 18.4 Å². The van der Waals surface area contributed by atoms with E-state index < -0.39 is 11.8 Å². The van der Waals surface area contributed by atoms with Crippen LogP contribution in [0.25, 0.3) is 0 Å². The molecule has 1 unspecified atom stereocenters. The molecule has 1 aromatic heterocycles. The molecule has 36 heavy (non-hydrogen) atoms. The Hall–Kier alpha value is -4.02. The second-order valence-corrected chi connectivity index (χ2v) is 9.25. The Morgan fingerprint density at radius 3 is 2.75 bits per heavy atom. The summed E-state index contributed by atoms with van der Waals surface area (Å²) in [7, 11) is 0. The van der Waals surface area contributed by atoms with E-state index in [-0.39, 0.29) is 29.4 Å². The normalized spacial score (nSPS) is 17.3. The second kappa shape index (κ2) is 9.56. The summed E-state index contributed by atoms with van der Waals surface area (Å²) in [5, 5.41) is 14.5. The first kappa shape index (κ1) is 23.7. The maximum atomic E-state index is 13.5. The minimum Gasteiger partial charge on any atom is -0.457 e. The van der Waals surface area contributed by atoms with E-state index in [1.165, 1.54) is 4.90 Å². The van der Waals surface area contributed by atoms with Gasteiger partial charge < -0.3 is 20.8 Å². The van der Waals surface area contributed by atoms with Crippen molar-refractivity contribution in [1.29, 1.82) is 0 Å². The number of halogens is 1. The molecule has 3 heterocycles. The number of hydrogen-bond acceptors (Lipinski definition) is 8. The van der Waals surface area contributed by atoms with Crippen LogP contribution in [0, 0.1) is 0 Å². The number of ketones is 1. The predicted octanol–water partition coefficient (Wildman–Crippen LogP) is 3.78. The number of carbonyl (C=O) groups is 2. The molecule has 0 bridgehead atoms. The Bertz CT molecular complexity index is 1450. The number of benzene rings is 2. The lowest BCUT2D eigenvalue weighted by Crippen LogP contribution is -2.48. The zero-order chi connectivity index (χ0) is 25.4. The first-order chi connectivity index (χ1) is 17.4. The molecule has 5 rings (SSSR count). The van der Waals surface area contributed by atoms with Crippen molar-refractivity contribution in [1.82, 2.24) is 15.1 Å². The minimum absolute atomic E-state index is 0.0176. The molecule has 11 heteroatoms. The van der Waals surface area contributed by atoms with E-state index in [4.69, 9.17) is 34.4 Å². The van der Waals surface area contributed by atoms with Crippen LogP contribution in [0.2, 0.25) is 5.02 Å². The maximum absolute atomic E-state index is 13.5. The molecule has 2 aromatic carbocycles. The van der Waals surface area contributed by atoms with Gasteiger partial charge in [0.25, 0.3) is 5.91 Å².